The van der Waals surface area contributed by atoms with E-state index in [-0.39, 0.29) is 10.9 Å². The minimum absolute atomic E-state index is 0.0227. The first-order valence-electron chi connectivity index (χ1n) is 3.83. The molecule has 0 saturated heterocycles. The largest absolute Gasteiger partial charge is 0.388 e. The lowest BCUT2D eigenvalue weighted by atomic mass is 10.3. The highest BCUT2D eigenvalue weighted by Crippen LogP contribution is 2.18. The molecule has 0 unspecified atom stereocenters. The smallest absolute Gasteiger partial charge is 0.227 e. The van der Waals surface area contributed by atoms with E-state index in [9.17, 15) is 4.79 Å². The number of hydrogen-bond donors (Lipinski definition) is 2. The minimum atomic E-state index is -0.0227. The number of carbonyl (C=O) groups is 1. The van der Waals surface area contributed by atoms with E-state index in [1.54, 1.807) is 6.33 Å². The van der Waals surface area contributed by atoms with E-state index in [0.717, 1.165) is 0 Å². The zero-order valence-electron chi connectivity index (χ0n) is 6.78. The van der Waals surface area contributed by atoms with Gasteiger partial charge < -0.3 is 15.6 Å². The van der Waals surface area contributed by atoms with Crippen molar-refractivity contribution in [1.29, 1.82) is 0 Å². The lowest BCUT2D eigenvalue weighted by Crippen LogP contribution is -2.24. The fourth-order valence-electron chi connectivity index (χ4n) is 1.28. The lowest BCUT2D eigenvalue weighted by molar-refractivity contribution is -0.116. The fourth-order valence-corrected chi connectivity index (χ4v) is 1.43. The van der Waals surface area contributed by atoms with Gasteiger partial charge in [0.1, 0.15) is 16.5 Å². The van der Waals surface area contributed by atoms with Crippen LogP contribution in [0.2, 0.25) is 0 Å². The number of aryl methyl sites for hydroxylation is 1. The molecule has 0 radical (unpaired) electrons. The standard InChI is InChI=1S/C7H8N4OS/c8-6(13)5-7-10-4(12)1-2-11(7)3-9-5/h3H,1-2H2,(H2,8,13)(H,10,12). The number of nitrogens with one attached hydrogen (secondary N) is 1. The monoisotopic (exact) mass is 196 g/mol. The van der Waals surface area contributed by atoms with E-state index in [2.05, 4.69) is 10.3 Å². The van der Waals surface area contributed by atoms with Crippen molar-refractivity contribution < 1.29 is 4.79 Å². The molecule has 0 atom stereocenters. The summed E-state index contributed by atoms with van der Waals surface area (Å²) in [6.45, 7) is 0.636. The molecule has 1 aromatic rings. The van der Waals surface area contributed by atoms with Crippen LogP contribution in [0.15, 0.2) is 6.33 Å². The second-order valence-corrected chi connectivity index (χ2v) is 3.24. The number of aromatic nitrogens is 2. The van der Waals surface area contributed by atoms with Crippen molar-refractivity contribution in [3.63, 3.8) is 0 Å². The predicted molar refractivity (Wildman–Crippen MR) is 51.4 cm³/mol. The number of hydrogen-bond acceptors (Lipinski definition) is 3. The van der Waals surface area contributed by atoms with Crippen molar-refractivity contribution in [1.82, 2.24) is 9.55 Å². The second-order valence-electron chi connectivity index (χ2n) is 2.80. The highest BCUT2D eigenvalue weighted by molar-refractivity contribution is 7.80. The van der Waals surface area contributed by atoms with Gasteiger partial charge in [-0.3, -0.25) is 4.79 Å². The van der Waals surface area contributed by atoms with Crippen molar-refractivity contribution in [3.8, 4) is 0 Å². The van der Waals surface area contributed by atoms with Crippen LogP contribution < -0.4 is 11.1 Å². The summed E-state index contributed by atoms with van der Waals surface area (Å²) in [5.74, 6) is 0.592. The summed E-state index contributed by atoms with van der Waals surface area (Å²) < 4.78 is 1.83. The number of anilines is 1. The molecule has 0 bridgehead atoms. The average molecular weight is 196 g/mol. The minimum Gasteiger partial charge on any atom is -0.388 e. The molecule has 0 saturated carbocycles. The molecule has 0 aromatic carbocycles. The van der Waals surface area contributed by atoms with Crippen LogP contribution in [0, 0.1) is 0 Å². The molecule has 0 spiro atoms. The van der Waals surface area contributed by atoms with Gasteiger partial charge in [-0.15, -0.1) is 0 Å². The van der Waals surface area contributed by atoms with Crippen LogP contribution >= 0.6 is 12.2 Å². The van der Waals surface area contributed by atoms with Crippen LogP contribution in [0.25, 0.3) is 0 Å². The van der Waals surface area contributed by atoms with Gasteiger partial charge in [-0.05, 0) is 0 Å². The number of rotatable bonds is 1. The number of fused-ring (bicyclic) bond motifs is 1. The van der Waals surface area contributed by atoms with E-state index < -0.39 is 0 Å². The molecule has 0 fully saturated rings. The molecule has 1 aliphatic heterocycles. The van der Waals surface area contributed by atoms with Gasteiger partial charge >= 0.3 is 0 Å². The van der Waals surface area contributed by atoms with Crippen LogP contribution in [-0.2, 0) is 11.3 Å². The van der Waals surface area contributed by atoms with Crippen molar-refractivity contribution in [2.45, 2.75) is 13.0 Å². The van der Waals surface area contributed by atoms with Crippen molar-refractivity contribution in [2.24, 2.45) is 5.73 Å². The molecule has 1 amide bonds. The molecule has 1 aliphatic rings. The number of nitrogens with two attached hydrogens (primary N) is 1. The molecular weight excluding hydrogens is 188 g/mol. The van der Waals surface area contributed by atoms with Gasteiger partial charge in [-0.25, -0.2) is 4.98 Å². The number of amides is 1. The molecule has 0 aliphatic carbocycles. The lowest BCUT2D eigenvalue weighted by Gasteiger charge is -2.15. The number of carbonyl (C=O) groups excluding carboxylic acids is 1. The third-order valence-corrected chi connectivity index (χ3v) is 2.10. The molecule has 6 heteroatoms. The molecule has 3 N–H and O–H groups in total. The third-order valence-electron chi connectivity index (χ3n) is 1.91. The van der Waals surface area contributed by atoms with Gasteiger partial charge in [0.25, 0.3) is 0 Å². The maximum absolute atomic E-state index is 11.1. The zero-order valence-corrected chi connectivity index (χ0v) is 7.60. The average Bonchev–Trinajstić information content (AvgIpc) is 2.46. The highest BCUT2D eigenvalue weighted by Gasteiger charge is 2.19. The van der Waals surface area contributed by atoms with Crippen molar-refractivity contribution in [2.75, 3.05) is 5.32 Å². The Labute approximate surface area is 79.9 Å². The van der Waals surface area contributed by atoms with E-state index in [1.165, 1.54) is 0 Å². The Balaban J connectivity index is 2.46. The summed E-state index contributed by atoms with van der Waals surface area (Å²) in [5.41, 5.74) is 5.92. The van der Waals surface area contributed by atoms with Gasteiger partial charge in [-0.1, -0.05) is 12.2 Å². The van der Waals surface area contributed by atoms with Crippen LogP contribution in [0.4, 0.5) is 5.82 Å². The highest BCUT2D eigenvalue weighted by atomic mass is 32.1. The predicted octanol–water partition coefficient (Wildman–Crippen LogP) is -0.141. The number of thiocarbonyl (C=S) groups is 1. The fraction of sp³-hybridized carbons (Fsp3) is 0.286. The second kappa shape index (κ2) is 2.81. The van der Waals surface area contributed by atoms with Gasteiger partial charge in [-0.2, -0.15) is 0 Å². The summed E-state index contributed by atoms with van der Waals surface area (Å²) in [6.07, 6.45) is 2.10. The molecular formula is C7H8N4OS. The van der Waals surface area contributed by atoms with Crippen molar-refractivity contribution >= 4 is 28.9 Å². The summed E-state index contributed by atoms with van der Waals surface area (Å²) in [6, 6.07) is 0. The summed E-state index contributed by atoms with van der Waals surface area (Å²) in [7, 11) is 0. The summed E-state index contributed by atoms with van der Waals surface area (Å²) in [5, 5.41) is 2.68. The molecule has 1 aromatic heterocycles. The van der Waals surface area contributed by atoms with Gasteiger partial charge in [0.2, 0.25) is 5.91 Å². The van der Waals surface area contributed by atoms with Gasteiger partial charge in [0, 0.05) is 13.0 Å². The van der Waals surface area contributed by atoms with E-state index in [0.29, 0.717) is 24.5 Å². The molecule has 13 heavy (non-hydrogen) atoms. The quantitative estimate of drug-likeness (QED) is 0.613. The Morgan fingerprint density at radius 2 is 2.54 bits per heavy atom. The van der Waals surface area contributed by atoms with Crippen molar-refractivity contribution in [3.05, 3.63) is 12.0 Å². The molecule has 2 rings (SSSR count). The normalized spacial score (nSPS) is 14.9. The summed E-state index contributed by atoms with van der Waals surface area (Å²) >= 11 is 4.79. The Morgan fingerprint density at radius 1 is 1.77 bits per heavy atom. The van der Waals surface area contributed by atoms with E-state index in [1.807, 2.05) is 4.57 Å². The van der Waals surface area contributed by atoms with Crippen LogP contribution in [-0.4, -0.2) is 20.4 Å². The maximum Gasteiger partial charge on any atom is 0.227 e. The Bertz CT molecular complexity index is 384. The first-order valence-corrected chi connectivity index (χ1v) is 4.24. The van der Waals surface area contributed by atoms with Crippen LogP contribution in [0.3, 0.4) is 0 Å². The topological polar surface area (TPSA) is 72.9 Å². The first kappa shape index (κ1) is 8.18. The Hall–Kier alpha value is -1.43. The first-order chi connectivity index (χ1) is 6.18. The third kappa shape index (κ3) is 1.29. The maximum atomic E-state index is 11.1. The molecule has 2 heterocycles. The van der Waals surface area contributed by atoms with E-state index >= 15 is 0 Å². The Morgan fingerprint density at radius 3 is 3.23 bits per heavy atom. The van der Waals surface area contributed by atoms with E-state index in [4.69, 9.17) is 18.0 Å². The zero-order chi connectivity index (χ0) is 9.42. The summed E-state index contributed by atoms with van der Waals surface area (Å²) in [4.78, 5) is 15.3. The Kier molecular flexibility index (Phi) is 1.77. The van der Waals surface area contributed by atoms with Gasteiger partial charge in [0.15, 0.2) is 0 Å². The molecule has 5 nitrogen and oxygen atoms in total. The SMILES string of the molecule is NC(=S)c1ncn2c1NC(=O)CC2. The van der Waals surface area contributed by atoms with Crippen LogP contribution in [0.5, 0.6) is 0 Å². The van der Waals surface area contributed by atoms with Crippen LogP contribution in [0.1, 0.15) is 12.1 Å². The van der Waals surface area contributed by atoms with Gasteiger partial charge in [0.05, 0.1) is 6.33 Å². The molecule has 68 valence electrons. The number of nitrogens with zero attached hydrogens (tertiary/aromatic N) is 2. The number of imidazole rings is 1.